The van der Waals surface area contributed by atoms with Crippen molar-refractivity contribution in [2.24, 2.45) is 0 Å². The molecule has 1 aromatic carbocycles. The Kier molecular flexibility index (Phi) is 3.97. The molecule has 2 aliphatic rings. The Hall–Kier alpha value is -1.44. The second-order valence-corrected chi connectivity index (χ2v) is 7.34. The number of carbonyl (C=O) groups excluding carboxylic acids is 1. The minimum absolute atomic E-state index is 0.351. The molecule has 1 aromatic rings. The van der Waals surface area contributed by atoms with Gasteiger partial charge < -0.3 is 10.2 Å². The molecule has 0 saturated carbocycles. The van der Waals surface area contributed by atoms with Crippen LogP contribution in [0.4, 0.5) is 0 Å². The Morgan fingerprint density at radius 3 is 2.57 bits per heavy atom. The number of nitrogens with one attached hydrogen (secondary N) is 1. The molecule has 0 unspecified atom stereocenters. The first-order chi connectivity index (χ1) is 10.1. The monoisotopic (exact) mass is 309 g/mol. The van der Waals surface area contributed by atoms with Crippen molar-refractivity contribution in [2.45, 2.75) is 17.9 Å². The van der Waals surface area contributed by atoms with E-state index in [1.165, 1.54) is 9.87 Å². The van der Waals surface area contributed by atoms with Crippen molar-refractivity contribution < 1.29 is 13.2 Å². The number of hydrogen-bond acceptors (Lipinski definition) is 4. The maximum Gasteiger partial charge on any atom is 0.243 e. The number of fused-ring (bicyclic) bond motifs is 1. The fourth-order valence-electron chi connectivity index (χ4n) is 2.82. The molecule has 1 amide bonds. The predicted octanol–water partition coefficient (Wildman–Crippen LogP) is -0.205. The average Bonchev–Trinajstić information content (AvgIpc) is 2.54. The second kappa shape index (κ2) is 5.75. The molecule has 0 atom stereocenters. The molecule has 3 rings (SSSR count). The number of piperazine rings is 1. The normalized spacial score (nSPS) is 20.1. The van der Waals surface area contributed by atoms with Crippen LogP contribution in [0.2, 0.25) is 0 Å². The van der Waals surface area contributed by atoms with Gasteiger partial charge in [0.05, 0.1) is 4.90 Å². The van der Waals surface area contributed by atoms with Crippen LogP contribution in [0.25, 0.3) is 0 Å². The van der Waals surface area contributed by atoms with Crippen LogP contribution >= 0.6 is 0 Å². The molecule has 7 heteroatoms. The van der Waals surface area contributed by atoms with E-state index in [0.29, 0.717) is 31.1 Å². The van der Waals surface area contributed by atoms with Crippen molar-refractivity contribution in [2.75, 3.05) is 32.7 Å². The van der Waals surface area contributed by atoms with Gasteiger partial charge in [-0.05, 0) is 36.2 Å². The van der Waals surface area contributed by atoms with Gasteiger partial charge in [-0.25, -0.2) is 8.42 Å². The summed E-state index contributed by atoms with van der Waals surface area (Å²) in [6.07, 6.45) is 1.71. The van der Waals surface area contributed by atoms with Gasteiger partial charge in [0, 0.05) is 32.7 Å². The third kappa shape index (κ3) is 2.81. The lowest BCUT2D eigenvalue weighted by Crippen LogP contribution is -2.48. The van der Waals surface area contributed by atoms with Crippen molar-refractivity contribution in [3.8, 4) is 0 Å². The maximum absolute atomic E-state index is 12.7. The minimum Gasteiger partial charge on any atom is -0.343 e. The Labute approximate surface area is 124 Å². The van der Waals surface area contributed by atoms with Crippen LogP contribution in [0.1, 0.15) is 11.1 Å². The molecule has 1 N–H and O–H groups in total. The lowest BCUT2D eigenvalue weighted by molar-refractivity contribution is -0.119. The van der Waals surface area contributed by atoms with Crippen molar-refractivity contribution in [1.29, 1.82) is 0 Å². The Bertz CT molecular complexity index is 637. The van der Waals surface area contributed by atoms with Crippen LogP contribution in [-0.2, 0) is 27.8 Å². The maximum atomic E-state index is 12.7. The molecule has 21 heavy (non-hydrogen) atoms. The third-order valence-corrected chi connectivity index (χ3v) is 6.02. The zero-order chi connectivity index (χ0) is 14.9. The summed E-state index contributed by atoms with van der Waals surface area (Å²) in [7, 11) is -3.46. The zero-order valence-electron chi connectivity index (χ0n) is 11.8. The van der Waals surface area contributed by atoms with Gasteiger partial charge in [0.25, 0.3) is 0 Å². The molecule has 0 radical (unpaired) electrons. The number of rotatable bonds is 3. The summed E-state index contributed by atoms with van der Waals surface area (Å²) >= 11 is 0. The molecule has 0 aromatic heterocycles. The standard InChI is InChI=1S/C14H19N3O3S/c18-11-16-5-7-17(8-6-16)21(19,20)14-2-1-12-3-4-15-10-13(12)9-14/h1-2,9,11,15H,3-8,10H2. The molecule has 1 fully saturated rings. The van der Waals surface area contributed by atoms with Crippen molar-refractivity contribution in [3.05, 3.63) is 29.3 Å². The van der Waals surface area contributed by atoms with E-state index in [0.717, 1.165) is 31.5 Å². The summed E-state index contributed by atoms with van der Waals surface area (Å²) in [5.41, 5.74) is 2.28. The summed E-state index contributed by atoms with van der Waals surface area (Å²) in [6.45, 7) is 3.28. The Morgan fingerprint density at radius 2 is 1.86 bits per heavy atom. The Balaban J connectivity index is 1.83. The molecule has 0 bridgehead atoms. The van der Waals surface area contributed by atoms with Gasteiger partial charge in [-0.1, -0.05) is 6.07 Å². The van der Waals surface area contributed by atoms with E-state index in [1.54, 1.807) is 17.0 Å². The van der Waals surface area contributed by atoms with Crippen molar-refractivity contribution in [3.63, 3.8) is 0 Å². The highest BCUT2D eigenvalue weighted by atomic mass is 32.2. The number of carbonyl (C=O) groups is 1. The molecular weight excluding hydrogens is 290 g/mol. The van der Waals surface area contributed by atoms with Gasteiger partial charge in [0.2, 0.25) is 16.4 Å². The van der Waals surface area contributed by atoms with Gasteiger partial charge in [-0.3, -0.25) is 4.79 Å². The number of hydrogen-bond donors (Lipinski definition) is 1. The van der Waals surface area contributed by atoms with E-state index < -0.39 is 10.0 Å². The minimum atomic E-state index is -3.46. The SMILES string of the molecule is O=CN1CCN(S(=O)(=O)c2ccc3c(c2)CNCC3)CC1. The Morgan fingerprint density at radius 1 is 1.10 bits per heavy atom. The fourth-order valence-corrected chi connectivity index (χ4v) is 4.29. The number of amides is 1. The summed E-state index contributed by atoms with van der Waals surface area (Å²) in [6, 6.07) is 5.40. The highest BCUT2D eigenvalue weighted by Crippen LogP contribution is 2.22. The molecule has 0 spiro atoms. The van der Waals surface area contributed by atoms with E-state index in [4.69, 9.17) is 0 Å². The number of benzene rings is 1. The molecule has 114 valence electrons. The molecule has 2 aliphatic heterocycles. The molecular formula is C14H19N3O3S. The summed E-state index contributed by atoms with van der Waals surface area (Å²) in [4.78, 5) is 12.6. The van der Waals surface area contributed by atoms with Gasteiger partial charge >= 0.3 is 0 Å². The summed E-state index contributed by atoms with van der Waals surface area (Å²) in [5, 5.41) is 3.26. The van der Waals surface area contributed by atoms with Crippen molar-refractivity contribution >= 4 is 16.4 Å². The molecule has 0 aliphatic carbocycles. The smallest absolute Gasteiger partial charge is 0.243 e. The first-order valence-corrected chi connectivity index (χ1v) is 8.57. The summed E-state index contributed by atoms with van der Waals surface area (Å²) < 4.78 is 26.8. The lowest BCUT2D eigenvalue weighted by atomic mass is 10.0. The van der Waals surface area contributed by atoms with E-state index >= 15 is 0 Å². The summed E-state index contributed by atoms with van der Waals surface area (Å²) in [5.74, 6) is 0. The van der Waals surface area contributed by atoms with Crippen molar-refractivity contribution in [1.82, 2.24) is 14.5 Å². The largest absolute Gasteiger partial charge is 0.343 e. The third-order valence-electron chi connectivity index (χ3n) is 4.12. The first kappa shape index (κ1) is 14.5. The fraction of sp³-hybridized carbons (Fsp3) is 0.500. The first-order valence-electron chi connectivity index (χ1n) is 7.13. The molecule has 1 saturated heterocycles. The predicted molar refractivity (Wildman–Crippen MR) is 78.2 cm³/mol. The van der Waals surface area contributed by atoms with Crippen LogP contribution < -0.4 is 5.32 Å². The molecule has 2 heterocycles. The van der Waals surface area contributed by atoms with E-state index in [9.17, 15) is 13.2 Å². The van der Waals surface area contributed by atoms with Crippen LogP contribution in [0, 0.1) is 0 Å². The molecule has 6 nitrogen and oxygen atoms in total. The van der Waals surface area contributed by atoms with Gasteiger partial charge in [0.1, 0.15) is 0 Å². The topological polar surface area (TPSA) is 69.7 Å². The van der Waals surface area contributed by atoms with Gasteiger partial charge in [0.15, 0.2) is 0 Å². The van der Waals surface area contributed by atoms with E-state index in [2.05, 4.69) is 5.32 Å². The van der Waals surface area contributed by atoms with Crippen LogP contribution in [0.5, 0.6) is 0 Å². The lowest BCUT2D eigenvalue weighted by Gasteiger charge is -2.32. The average molecular weight is 309 g/mol. The highest BCUT2D eigenvalue weighted by molar-refractivity contribution is 7.89. The zero-order valence-corrected chi connectivity index (χ0v) is 12.6. The highest BCUT2D eigenvalue weighted by Gasteiger charge is 2.28. The number of sulfonamides is 1. The van der Waals surface area contributed by atoms with Gasteiger partial charge in [-0.2, -0.15) is 4.31 Å². The number of nitrogens with zero attached hydrogens (tertiary/aromatic N) is 2. The van der Waals surface area contributed by atoms with E-state index in [-0.39, 0.29) is 0 Å². The van der Waals surface area contributed by atoms with Crippen LogP contribution in [0.3, 0.4) is 0 Å². The second-order valence-electron chi connectivity index (χ2n) is 5.40. The van der Waals surface area contributed by atoms with Crippen LogP contribution in [-0.4, -0.2) is 56.8 Å². The van der Waals surface area contributed by atoms with Gasteiger partial charge in [-0.15, -0.1) is 0 Å². The quantitative estimate of drug-likeness (QED) is 0.785. The van der Waals surface area contributed by atoms with E-state index in [1.807, 2.05) is 6.07 Å². The van der Waals surface area contributed by atoms with Crippen LogP contribution in [0.15, 0.2) is 23.1 Å².